The number of aromatic amines is 1. The Morgan fingerprint density at radius 2 is 2.23 bits per heavy atom. The number of halogens is 1. The largest absolute Gasteiger partial charge is 0.478 e. The summed E-state index contributed by atoms with van der Waals surface area (Å²) in [5.41, 5.74) is 0.480. The van der Waals surface area contributed by atoms with Gasteiger partial charge in [0.15, 0.2) is 0 Å². The fourth-order valence-corrected chi connectivity index (χ4v) is 1.32. The van der Waals surface area contributed by atoms with Gasteiger partial charge in [-0.1, -0.05) is 6.07 Å². The number of H-pyrrole nitrogens is 1. The van der Waals surface area contributed by atoms with Crippen LogP contribution in [0.1, 0.15) is 10.4 Å². The zero-order valence-electron chi connectivity index (χ0n) is 6.54. The lowest BCUT2D eigenvalue weighted by Crippen LogP contribution is -1.96. The Hall–Kier alpha value is -1.84. The third-order valence-corrected chi connectivity index (χ3v) is 1.89. The Kier molecular flexibility index (Phi) is 1.55. The van der Waals surface area contributed by atoms with Crippen LogP contribution in [0.2, 0.25) is 0 Å². The van der Waals surface area contributed by atoms with Gasteiger partial charge in [0.25, 0.3) is 0 Å². The average molecular weight is 179 g/mol. The van der Waals surface area contributed by atoms with Crippen molar-refractivity contribution in [3.8, 4) is 0 Å². The van der Waals surface area contributed by atoms with Crippen molar-refractivity contribution >= 4 is 16.9 Å². The molecule has 0 saturated carbocycles. The van der Waals surface area contributed by atoms with Gasteiger partial charge in [-0.25, -0.2) is 9.18 Å². The standard InChI is InChI=1S/C9H6FNO2/c10-6-4-11-7-3-1-2-5(8(6)7)9(12)13/h1-4,11H,(H,12,13). The highest BCUT2D eigenvalue weighted by molar-refractivity contribution is 6.02. The maximum Gasteiger partial charge on any atom is 0.336 e. The molecule has 1 aromatic carbocycles. The molecule has 0 aliphatic carbocycles. The van der Waals surface area contributed by atoms with Crippen molar-refractivity contribution < 1.29 is 14.3 Å². The lowest BCUT2D eigenvalue weighted by Gasteiger charge is -1.95. The molecule has 0 saturated heterocycles. The summed E-state index contributed by atoms with van der Waals surface area (Å²) in [7, 11) is 0. The molecule has 1 heterocycles. The molecule has 3 nitrogen and oxygen atoms in total. The molecule has 0 unspecified atom stereocenters. The molecule has 13 heavy (non-hydrogen) atoms. The number of aromatic carboxylic acids is 1. The summed E-state index contributed by atoms with van der Waals surface area (Å²) < 4.78 is 13.1. The number of benzene rings is 1. The molecular formula is C9H6FNO2. The first kappa shape index (κ1) is 7.79. The van der Waals surface area contributed by atoms with Crippen LogP contribution in [0.4, 0.5) is 4.39 Å². The smallest absolute Gasteiger partial charge is 0.336 e. The minimum atomic E-state index is -1.12. The summed E-state index contributed by atoms with van der Waals surface area (Å²) >= 11 is 0. The van der Waals surface area contributed by atoms with Crippen LogP contribution < -0.4 is 0 Å². The normalized spacial score (nSPS) is 10.5. The van der Waals surface area contributed by atoms with Gasteiger partial charge in [0.05, 0.1) is 5.56 Å². The molecule has 2 rings (SSSR count). The summed E-state index contributed by atoms with van der Waals surface area (Å²) in [5, 5.41) is 8.88. The van der Waals surface area contributed by atoms with E-state index in [2.05, 4.69) is 4.98 Å². The van der Waals surface area contributed by atoms with Crippen molar-refractivity contribution in [3.63, 3.8) is 0 Å². The van der Waals surface area contributed by atoms with Crippen LogP contribution in [0, 0.1) is 5.82 Å². The molecule has 2 N–H and O–H groups in total. The summed E-state index contributed by atoms with van der Waals surface area (Å²) in [6.45, 7) is 0. The fraction of sp³-hybridized carbons (Fsp3) is 0. The van der Waals surface area contributed by atoms with Crippen LogP contribution in [0.25, 0.3) is 10.9 Å². The minimum absolute atomic E-state index is 0.0174. The van der Waals surface area contributed by atoms with Gasteiger partial charge < -0.3 is 10.1 Å². The highest BCUT2D eigenvalue weighted by Gasteiger charge is 2.12. The fourth-order valence-electron chi connectivity index (χ4n) is 1.32. The monoisotopic (exact) mass is 179 g/mol. The molecule has 0 fully saturated rings. The van der Waals surface area contributed by atoms with E-state index in [0.717, 1.165) is 6.20 Å². The second-order valence-electron chi connectivity index (χ2n) is 2.67. The number of carbonyl (C=O) groups is 1. The number of aromatic nitrogens is 1. The van der Waals surface area contributed by atoms with E-state index in [1.807, 2.05) is 0 Å². The lowest BCUT2D eigenvalue weighted by molar-refractivity contribution is 0.0699. The molecule has 0 spiro atoms. The minimum Gasteiger partial charge on any atom is -0.478 e. The first-order valence-electron chi connectivity index (χ1n) is 3.69. The van der Waals surface area contributed by atoms with Crippen molar-refractivity contribution in [2.45, 2.75) is 0 Å². The Labute approximate surface area is 72.8 Å². The van der Waals surface area contributed by atoms with Crippen molar-refractivity contribution in [3.05, 3.63) is 35.8 Å². The molecule has 1 aromatic heterocycles. The Morgan fingerprint density at radius 3 is 2.92 bits per heavy atom. The SMILES string of the molecule is O=C(O)c1cccc2[nH]cc(F)c12. The molecule has 4 heteroatoms. The molecule has 2 aromatic rings. The van der Waals surface area contributed by atoms with Crippen molar-refractivity contribution in [1.29, 1.82) is 0 Å². The van der Waals surface area contributed by atoms with Gasteiger partial charge in [-0.05, 0) is 12.1 Å². The van der Waals surface area contributed by atoms with E-state index in [0.29, 0.717) is 5.52 Å². The second-order valence-corrected chi connectivity index (χ2v) is 2.67. The summed E-state index contributed by atoms with van der Waals surface area (Å²) in [6.07, 6.45) is 1.15. The van der Waals surface area contributed by atoms with Gasteiger partial charge >= 0.3 is 5.97 Å². The second kappa shape index (κ2) is 2.58. The molecule has 0 bridgehead atoms. The number of rotatable bonds is 1. The van der Waals surface area contributed by atoms with Crippen molar-refractivity contribution in [1.82, 2.24) is 4.98 Å². The number of fused-ring (bicyclic) bond motifs is 1. The molecular weight excluding hydrogens is 173 g/mol. The first-order chi connectivity index (χ1) is 6.20. The van der Waals surface area contributed by atoms with Gasteiger partial charge in [0, 0.05) is 17.1 Å². The number of hydrogen-bond acceptors (Lipinski definition) is 1. The maximum absolute atomic E-state index is 13.1. The van der Waals surface area contributed by atoms with Crippen LogP contribution in [-0.2, 0) is 0 Å². The Bertz CT molecular complexity index is 475. The average Bonchev–Trinajstić information content (AvgIpc) is 2.48. The van der Waals surface area contributed by atoms with E-state index in [1.54, 1.807) is 12.1 Å². The van der Waals surface area contributed by atoms with Crippen molar-refractivity contribution in [2.24, 2.45) is 0 Å². The maximum atomic E-state index is 13.1. The molecule has 0 aliphatic heterocycles. The number of carboxylic acids is 1. The van der Waals surface area contributed by atoms with E-state index >= 15 is 0 Å². The van der Waals surface area contributed by atoms with Crippen molar-refractivity contribution in [2.75, 3.05) is 0 Å². The Morgan fingerprint density at radius 1 is 1.46 bits per heavy atom. The molecule has 0 amide bonds. The van der Waals surface area contributed by atoms with E-state index in [1.165, 1.54) is 6.07 Å². The van der Waals surface area contributed by atoms with Gasteiger partial charge in [-0.3, -0.25) is 0 Å². The van der Waals surface area contributed by atoms with Crippen LogP contribution >= 0.6 is 0 Å². The highest BCUT2D eigenvalue weighted by atomic mass is 19.1. The number of carboxylic acid groups (broad SMARTS) is 1. The van der Waals surface area contributed by atoms with Gasteiger partial charge in [-0.2, -0.15) is 0 Å². The van der Waals surface area contributed by atoms with Gasteiger partial charge in [0.1, 0.15) is 5.82 Å². The van der Waals surface area contributed by atoms with Crippen LogP contribution in [0.5, 0.6) is 0 Å². The molecule has 66 valence electrons. The lowest BCUT2D eigenvalue weighted by atomic mass is 10.1. The van der Waals surface area contributed by atoms with E-state index in [4.69, 9.17) is 5.11 Å². The van der Waals surface area contributed by atoms with E-state index < -0.39 is 11.8 Å². The first-order valence-corrected chi connectivity index (χ1v) is 3.69. The number of nitrogens with one attached hydrogen (secondary N) is 1. The zero-order valence-corrected chi connectivity index (χ0v) is 6.54. The predicted molar refractivity (Wildman–Crippen MR) is 45.2 cm³/mol. The van der Waals surface area contributed by atoms with Crippen LogP contribution in [0.15, 0.2) is 24.4 Å². The molecule has 0 atom stereocenters. The van der Waals surface area contributed by atoms with Gasteiger partial charge in [-0.15, -0.1) is 0 Å². The third-order valence-electron chi connectivity index (χ3n) is 1.89. The Balaban J connectivity index is 2.88. The topological polar surface area (TPSA) is 53.1 Å². The predicted octanol–water partition coefficient (Wildman–Crippen LogP) is 2.01. The van der Waals surface area contributed by atoms with Crippen LogP contribution in [0.3, 0.4) is 0 Å². The third kappa shape index (κ3) is 1.07. The zero-order chi connectivity index (χ0) is 9.42. The summed E-state index contributed by atoms with van der Waals surface area (Å²) in [6, 6.07) is 4.58. The number of hydrogen-bond donors (Lipinski definition) is 2. The quantitative estimate of drug-likeness (QED) is 0.703. The summed E-state index contributed by atoms with van der Waals surface area (Å²) in [4.78, 5) is 13.3. The highest BCUT2D eigenvalue weighted by Crippen LogP contribution is 2.20. The van der Waals surface area contributed by atoms with E-state index in [-0.39, 0.29) is 10.9 Å². The van der Waals surface area contributed by atoms with E-state index in [9.17, 15) is 9.18 Å². The van der Waals surface area contributed by atoms with Gasteiger partial charge in [0.2, 0.25) is 0 Å². The molecule has 0 radical (unpaired) electrons. The molecule has 0 aliphatic rings. The summed E-state index contributed by atoms with van der Waals surface area (Å²) in [5.74, 6) is -1.66. The van der Waals surface area contributed by atoms with Crippen LogP contribution in [-0.4, -0.2) is 16.1 Å².